The largest absolute Gasteiger partial charge is 0.354 e. The highest BCUT2D eigenvalue weighted by Crippen LogP contribution is 2.18. The van der Waals surface area contributed by atoms with E-state index in [0.29, 0.717) is 13.0 Å². The van der Waals surface area contributed by atoms with E-state index in [-0.39, 0.29) is 30.0 Å². The summed E-state index contributed by atoms with van der Waals surface area (Å²) in [5, 5.41) is 5.64. The molecule has 1 aromatic heterocycles. The van der Waals surface area contributed by atoms with Crippen molar-refractivity contribution in [1.29, 1.82) is 0 Å². The number of nitrogens with zero attached hydrogens (tertiary/aromatic N) is 3. The minimum Gasteiger partial charge on any atom is -0.354 e. The van der Waals surface area contributed by atoms with E-state index in [4.69, 9.17) is 0 Å². The normalized spacial score (nSPS) is 20.3. The second kappa shape index (κ2) is 6.93. The molecule has 1 N–H and O–H groups in total. The topological polar surface area (TPSA) is 82.6 Å². The van der Waals surface area contributed by atoms with Crippen molar-refractivity contribution >= 4 is 32.2 Å². The third-order valence-corrected chi connectivity index (χ3v) is 6.42. The maximum atomic E-state index is 11.9. The molecule has 1 unspecified atom stereocenters. The van der Waals surface area contributed by atoms with E-state index in [1.165, 1.54) is 11.3 Å². The third-order valence-electron chi connectivity index (χ3n) is 3.61. The van der Waals surface area contributed by atoms with Crippen LogP contribution in [0.15, 0.2) is 5.38 Å². The van der Waals surface area contributed by atoms with Gasteiger partial charge in [0.25, 0.3) is 0 Å². The molecule has 0 aromatic carbocycles. The van der Waals surface area contributed by atoms with Crippen molar-refractivity contribution in [3.05, 3.63) is 11.1 Å². The van der Waals surface area contributed by atoms with Crippen LogP contribution in [-0.4, -0.2) is 69.4 Å². The minimum atomic E-state index is -2.92. The summed E-state index contributed by atoms with van der Waals surface area (Å²) in [6.45, 7) is 0.588. The van der Waals surface area contributed by atoms with Gasteiger partial charge in [-0.05, 0) is 13.5 Å². The quantitative estimate of drug-likeness (QED) is 0.777. The zero-order valence-corrected chi connectivity index (χ0v) is 14.7. The van der Waals surface area contributed by atoms with Crippen molar-refractivity contribution in [1.82, 2.24) is 15.2 Å². The lowest BCUT2D eigenvalue weighted by Gasteiger charge is -2.22. The Morgan fingerprint density at radius 1 is 1.45 bits per heavy atom. The first-order chi connectivity index (χ1) is 10.3. The Hall–Kier alpha value is -1.19. The van der Waals surface area contributed by atoms with Gasteiger partial charge in [-0.15, -0.1) is 11.3 Å². The van der Waals surface area contributed by atoms with E-state index in [1.807, 2.05) is 29.3 Å². The fourth-order valence-electron chi connectivity index (χ4n) is 2.31. The lowest BCUT2D eigenvalue weighted by molar-refractivity contribution is -0.122. The molecule has 1 saturated heterocycles. The van der Waals surface area contributed by atoms with Crippen molar-refractivity contribution < 1.29 is 13.2 Å². The van der Waals surface area contributed by atoms with Gasteiger partial charge < -0.3 is 10.2 Å². The van der Waals surface area contributed by atoms with Crippen molar-refractivity contribution in [2.75, 3.05) is 44.1 Å². The summed E-state index contributed by atoms with van der Waals surface area (Å²) < 4.78 is 22.9. The predicted octanol–water partition coefficient (Wildman–Crippen LogP) is -0.0558. The predicted molar refractivity (Wildman–Crippen MR) is 88.0 cm³/mol. The number of carbonyl (C=O) groups is 1. The molecule has 1 atom stereocenters. The van der Waals surface area contributed by atoms with E-state index >= 15 is 0 Å². The molecular weight excluding hydrogens is 324 g/mol. The summed E-state index contributed by atoms with van der Waals surface area (Å²) in [6.07, 6.45) is 0.602. The number of hydrogen-bond acceptors (Lipinski definition) is 7. The molecule has 1 aliphatic heterocycles. The van der Waals surface area contributed by atoms with E-state index < -0.39 is 9.84 Å². The van der Waals surface area contributed by atoms with E-state index in [9.17, 15) is 13.2 Å². The van der Waals surface area contributed by atoms with Gasteiger partial charge in [0.05, 0.1) is 30.3 Å². The van der Waals surface area contributed by atoms with Gasteiger partial charge in [0, 0.05) is 25.5 Å². The summed E-state index contributed by atoms with van der Waals surface area (Å²) >= 11 is 1.53. The molecule has 124 valence electrons. The number of sulfone groups is 1. The molecule has 0 saturated carbocycles. The van der Waals surface area contributed by atoms with Crippen LogP contribution in [0.2, 0.25) is 0 Å². The average Bonchev–Trinajstić information content (AvgIpc) is 3.02. The van der Waals surface area contributed by atoms with Gasteiger partial charge in [0.2, 0.25) is 5.91 Å². The van der Waals surface area contributed by atoms with Crippen molar-refractivity contribution in [3.8, 4) is 0 Å². The van der Waals surface area contributed by atoms with Crippen LogP contribution in [0.25, 0.3) is 0 Å². The Morgan fingerprint density at radius 3 is 2.73 bits per heavy atom. The first-order valence-electron chi connectivity index (χ1n) is 7.06. The first kappa shape index (κ1) is 17.2. The average molecular weight is 346 g/mol. The van der Waals surface area contributed by atoms with Crippen LogP contribution in [0.4, 0.5) is 5.13 Å². The maximum Gasteiger partial charge on any atom is 0.234 e. The molecule has 2 heterocycles. The van der Waals surface area contributed by atoms with Crippen LogP contribution in [0.5, 0.6) is 0 Å². The molecule has 1 aromatic rings. The molecule has 0 radical (unpaired) electrons. The second-order valence-electron chi connectivity index (χ2n) is 5.76. The number of carbonyl (C=O) groups excluding carboxylic acids is 1. The summed E-state index contributed by atoms with van der Waals surface area (Å²) in [6, 6.07) is -0.0598. The van der Waals surface area contributed by atoms with E-state index in [1.54, 1.807) is 7.05 Å². The third kappa shape index (κ3) is 4.65. The zero-order chi connectivity index (χ0) is 16.3. The van der Waals surface area contributed by atoms with Crippen molar-refractivity contribution in [3.63, 3.8) is 0 Å². The Kier molecular flexibility index (Phi) is 5.41. The molecule has 1 fully saturated rings. The molecule has 7 nitrogen and oxygen atoms in total. The van der Waals surface area contributed by atoms with Crippen molar-refractivity contribution in [2.24, 2.45) is 0 Å². The SMILES string of the molecule is CN(C)c1nc(CNC(=O)CN(C)C2CCS(=O)(=O)C2)cs1. The van der Waals surface area contributed by atoms with Gasteiger partial charge in [0.1, 0.15) is 0 Å². The molecule has 2 rings (SSSR count). The van der Waals surface area contributed by atoms with Gasteiger partial charge >= 0.3 is 0 Å². The Labute approximate surface area is 135 Å². The van der Waals surface area contributed by atoms with Crippen LogP contribution < -0.4 is 10.2 Å². The highest BCUT2D eigenvalue weighted by atomic mass is 32.2. The monoisotopic (exact) mass is 346 g/mol. The number of amides is 1. The fraction of sp³-hybridized carbons (Fsp3) is 0.692. The zero-order valence-electron chi connectivity index (χ0n) is 13.1. The lowest BCUT2D eigenvalue weighted by atomic mass is 10.2. The first-order valence-corrected chi connectivity index (χ1v) is 9.76. The molecule has 1 aliphatic rings. The number of likely N-dealkylation sites (N-methyl/N-ethyl adjacent to an activating group) is 1. The lowest BCUT2D eigenvalue weighted by Crippen LogP contribution is -2.41. The van der Waals surface area contributed by atoms with E-state index in [0.717, 1.165) is 10.8 Å². The minimum absolute atomic E-state index is 0.0598. The fourth-order valence-corrected chi connectivity index (χ4v) is 4.87. The number of anilines is 1. The van der Waals surface area contributed by atoms with Crippen LogP contribution >= 0.6 is 11.3 Å². The maximum absolute atomic E-state index is 11.9. The molecule has 0 bridgehead atoms. The van der Waals surface area contributed by atoms with Crippen LogP contribution in [0, 0.1) is 0 Å². The van der Waals surface area contributed by atoms with Crippen molar-refractivity contribution in [2.45, 2.75) is 19.0 Å². The van der Waals surface area contributed by atoms with Crippen LogP contribution in [-0.2, 0) is 21.2 Å². The molecule has 22 heavy (non-hydrogen) atoms. The number of aromatic nitrogens is 1. The Bertz CT molecular complexity index is 627. The Morgan fingerprint density at radius 2 is 2.18 bits per heavy atom. The number of thiazole rings is 1. The van der Waals surface area contributed by atoms with Gasteiger partial charge in [-0.3, -0.25) is 9.69 Å². The van der Waals surface area contributed by atoms with Crippen LogP contribution in [0.1, 0.15) is 12.1 Å². The molecule has 0 spiro atoms. The van der Waals surface area contributed by atoms with Gasteiger partial charge in [-0.2, -0.15) is 0 Å². The number of hydrogen-bond donors (Lipinski definition) is 1. The summed E-state index contributed by atoms with van der Waals surface area (Å²) in [7, 11) is 2.71. The molecule has 1 amide bonds. The standard InChI is InChI=1S/C13H22N4O3S2/c1-16(2)13-15-10(8-21-13)6-14-12(18)7-17(3)11-4-5-22(19,20)9-11/h8,11H,4-7,9H2,1-3H3,(H,14,18). The summed E-state index contributed by atoms with van der Waals surface area (Å²) in [5.41, 5.74) is 0.827. The molecule has 9 heteroatoms. The van der Waals surface area contributed by atoms with Crippen LogP contribution in [0.3, 0.4) is 0 Å². The highest BCUT2D eigenvalue weighted by Gasteiger charge is 2.31. The summed E-state index contributed by atoms with van der Waals surface area (Å²) in [4.78, 5) is 20.1. The number of nitrogens with one attached hydrogen (secondary N) is 1. The van der Waals surface area contributed by atoms with E-state index in [2.05, 4.69) is 10.3 Å². The van der Waals surface area contributed by atoms with Gasteiger partial charge in [-0.25, -0.2) is 13.4 Å². The second-order valence-corrected chi connectivity index (χ2v) is 8.83. The van der Waals surface area contributed by atoms with Gasteiger partial charge in [-0.1, -0.05) is 0 Å². The summed E-state index contributed by atoms with van der Waals surface area (Å²) in [5.74, 6) is 0.247. The Balaban J connectivity index is 1.77. The molecule has 0 aliphatic carbocycles. The smallest absolute Gasteiger partial charge is 0.234 e. The molecular formula is C13H22N4O3S2. The number of rotatable bonds is 6. The highest BCUT2D eigenvalue weighted by molar-refractivity contribution is 7.91. The van der Waals surface area contributed by atoms with Gasteiger partial charge in [0.15, 0.2) is 15.0 Å².